The van der Waals surface area contributed by atoms with Crippen LogP contribution in [-0.2, 0) is 0 Å². The molecule has 0 radical (unpaired) electrons. The summed E-state index contributed by atoms with van der Waals surface area (Å²) in [5.41, 5.74) is 1.54. The van der Waals surface area contributed by atoms with Gasteiger partial charge in [0.05, 0.1) is 0 Å². The Morgan fingerprint density at radius 2 is 2.05 bits per heavy atom. The molecule has 3 nitrogen and oxygen atoms in total. The molecule has 1 saturated heterocycles. The molecule has 1 heterocycles. The average molecular weight is 285 g/mol. The third-order valence-corrected chi connectivity index (χ3v) is 4.16. The van der Waals surface area contributed by atoms with Gasteiger partial charge in [0.15, 0.2) is 0 Å². The SMILES string of the molecule is CCC1CCCN(C(=O)c2ccc(C#CCO)cc2)CC1. The monoisotopic (exact) mass is 285 g/mol. The van der Waals surface area contributed by atoms with Crippen molar-refractivity contribution < 1.29 is 9.90 Å². The molecule has 0 aromatic heterocycles. The third kappa shape index (κ3) is 4.34. The van der Waals surface area contributed by atoms with Crippen molar-refractivity contribution in [2.24, 2.45) is 5.92 Å². The summed E-state index contributed by atoms with van der Waals surface area (Å²) in [5.74, 6) is 6.33. The van der Waals surface area contributed by atoms with E-state index in [2.05, 4.69) is 18.8 Å². The third-order valence-electron chi connectivity index (χ3n) is 4.16. The van der Waals surface area contributed by atoms with Gasteiger partial charge in [0.1, 0.15) is 6.61 Å². The molecule has 3 heteroatoms. The number of aliphatic hydroxyl groups is 1. The molecule has 1 atom stereocenters. The van der Waals surface area contributed by atoms with Crippen molar-refractivity contribution in [3.05, 3.63) is 35.4 Å². The van der Waals surface area contributed by atoms with Gasteiger partial charge in [-0.25, -0.2) is 0 Å². The van der Waals surface area contributed by atoms with Gasteiger partial charge < -0.3 is 10.0 Å². The van der Waals surface area contributed by atoms with Gasteiger partial charge in [0, 0.05) is 24.2 Å². The number of hydrogen-bond acceptors (Lipinski definition) is 2. The summed E-state index contributed by atoms with van der Waals surface area (Å²) in [5, 5.41) is 8.67. The number of likely N-dealkylation sites (tertiary alicyclic amines) is 1. The summed E-state index contributed by atoms with van der Waals surface area (Å²) in [6, 6.07) is 7.32. The molecule has 1 aliphatic rings. The predicted octanol–water partition coefficient (Wildman–Crippen LogP) is 2.68. The molecule has 1 unspecified atom stereocenters. The highest BCUT2D eigenvalue weighted by molar-refractivity contribution is 5.94. The van der Waals surface area contributed by atoms with Crippen LogP contribution < -0.4 is 0 Å². The highest BCUT2D eigenvalue weighted by atomic mass is 16.2. The molecule has 21 heavy (non-hydrogen) atoms. The van der Waals surface area contributed by atoms with Gasteiger partial charge in [-0.2, -0.15) is 0 Å². The number of hydrogen-bond donors (Lipinski definition) is 1. The first-order valence-corrected chi connectivity index (χ1v) is 7.73. The maximum atomic E-state index is 12.5. The van der Waals surface area contributed by atoms with Crippen LogP contribution in [0.4, 0.5) is 0 Å². The minimum absolute atomic E-state index is 0.119. The first-order chi connectivity index (χ1) is 10.2. The van der Waals surface area contributed by atoms with Gasteiger partial charge in [-0.15, -0.1) is 0 Å². The lowest BCUT2D eigenvalue weighted by atomic mass is 9.98. The maximum Gasteiger partial charge on any atom is 0.253 e. The highest BCUT2D eigenvalue weighted by Crippen LogP contribution is 2.21. The molecule has 1 N–H and O–H groups in total. The zero-order valence-electron chi connectivity index (χ0n) is 12.6. The van der Waals surface area contributed by atoms with Crippen molar-refractivity contribution in [1.82, 2.24) is 4.90 Å². The smallest absolute Gasteiger partial charge is 0.253 e. The molecule has 1 fully saturated rings. The second-order valence-electron chi connectivity index (χ2n) is 5.53. The molecule has 1 aliphatic heterocycles. The fraction of sp³-hybridized carbons (Fsp3) is 0.500. The first kappa shape index (κ1) is 15.6. The van der Waals surface area contributed by atoms with Crippen LogP contribution in [0.1, 0.15) is 48.5 Å². The Morgan fingerprint density at radius 3 is 2.71 bits per heavy atom. The van der Waals surface area contributed by atoms with Gasteiger partial charge >= 0.3 is 0 Å². The highest BCUT2D eigenvalue weighted by Gasteiger charge is 2.20. The lowest BCUT2D eigenvalue weighted by molar-refractivity contribution is 0.0760. The number of rotatable bonds is 2. The molecule has 2 rings (SSSR count). The second-order valence-corrected chi connectivity index (χ2v) is 5.53. The molecular formula is C18H23NO2. The number of amides is 1. The van der Waals surface area contributed by atoms with Crippen LogP contribution in [0.3, 0.4) is 0 Å². The van der Waals surface area contributed by atoms with E-state index < -0.39 is 0 Å². The quantitative estimate of drug-likeness (QED) is 0.849. The number of carbonyl (C=O) groups is 1. The summed E-state index contributed by atoms with van der Waals surface area (Å²) in [6.07, 6.45) is 4.66. The molecule has 1 aromatic rings. The largest absolute Gasteiger partial charge is 0.384 e. The van der Waals surface area contributed by atoms with E-state index in [1.165, 1.54) is 12.8 Å². The number of benzene rings is 1. The van der Waals surface area contributed by atoms with E-state index in [1.807, 2.05) is 29.2 Å². The molecular weight excluding hydrogens is 262 g/mol. The topological polar surface area (TPSA) is 40.5 Å². The Hall–Kier alpha value is -1.79. The van der Waals surface area contributed by atoms with Crippen LogP contribution >= 0.6 is 0 Å². The summed E-state index contributed by atoms with van der Waals surface area (Å²) in [7, 11) is 0. The Labute approximate surface area is 127 Å². The molecule has 0 spiro atoms. The molecule has 112 valence electrons. The minimum atomic E-state index is -0.146. The van der Waals surface area contributed by atoms with Crippen molar-refractivity contribution >= 4 is 5.91 Å². The molecule has 0 bridgehead atoms. The van der Waals surface area contributed by atoms with E-state index in [0.717, 1.165) is 43.0 Å². The summed E-state index contributed by atoms with van der Waals surface area (Å²) in [6.45, 7) is 3.81. The van der Waals surface area contributed by atoms with Crippen LogP contribution in [0.5, 0.6) is 0 Å². The van der Waals surface area contributed by atoms with E-state index >= 15 is 0 Å². The predicted molar refractivity (Wildman–Crippen MR) is 83.9 cm³/mol. The van der Waals surface area contributed by atoms with E-state index in [1.54, 1.807) is 0 Å². The Balaban J connectivity index is 2.02. The van der Waals surface area contributed by atoms with Crippen molar-refractivity contribution in [3.63, 3.8) is 0 Å². The summed E-state index contributed by atoms with van der Waals surface area (Å²) in [4.78, 5) is 14.5. The van der Waals surface area contributed by atoms with Gasteiger partial charge in [0.25, 0.3) is 5.91 Å². The van der Waals surface area contributed by atoms with Crippen molar-refractivity contribution in [2.75, 3.05) is 19.7 Å². The van der Waals surface area contributed by atoms with E-state index in [9.17, 15) is 4.79 Å². The van der Waals surface area contributed by atoms with E-state index in [4.69, 9.17) is 5.11 Å². The fourth-order valence-electron chi connectivity index (χ4n) is 2.80. The van der Waals surface area contributed by atoms with Crippen LogP contribution in [0.25, 0.3) is 0 Å². The fourth-order valence-corrected chi connectivity index (χ4v) is 2.80. The standard InChI is InChI=1S/C18H23NO2/c1-2-15-5-3-12-19(13-11-15)18(21)17-9-7-16(8-10-17)6-4-14-20/h7-10,15,20H,2-3,5,11-14H2,1H3. The Bertz CT molecular complexity index is 524. The van der Waals surface area contributed by atoms with Crippen molar-refractivity contribution in [1.29, 1.82) is 0 Å². The van der Waals surface area contributed by atoms with Gasteiger partial charge in [0.2, 0.25) is 0 Å². The van der Waals surface area contributed by atoms with Gasteiger partial charge in [-0.3, -0.25) is 4.79 Å². The van der Waals surface area contributed by atoms with E-state index in [-0.39, 0.29) is 12.5 Å². The zero-order chi connectivity index (χ0) is 15.1. The number of nitrogens with zero attached hydrogens (tertiary/aromatic N) is 1. The zero-order valence-corrected chi connectivity index (χ0v) is 12.6. The number of aliphatic hydroxyl groups excluding tert-OH is 1. The Kier molecular flexibility index (Phi) is 5.83. The van der Waals surface area contributed by atoms with Crippen LogP contribution in [0.2, 0.25) is 0 Å². The van der Waals surface area contributed by atoms with Gasteiger partial charge in [-0.1, -0.05) is 25.2 Å². The molecule has 1 aromatic carbocycles. The lowest BCUT2D eigenvalue weighted by Gasteiger charge is -2.20. The Morgan fingerprint density at radius 1 is 1.29 bits per heavy atom. The average Bonchev–Trinajstić information content (AvgIpc) is 2.78. The van der Waals surface area contributed by atoms with Crippen molar-refractivity contribution in [3.8, 4) is 11.8 Å². The summed E-state index contributed by atoms with van der Waals surface area (Å²) >= 11 is 0. The maximum absolute atomic E-state index is 12.5. The minimum Gasteiger partial charge on any atom is -0.384 e. The first-order valence-electron chi connectivity index (χ1n) is 7.73. The summed E-state index contributed by atoms with van der Waals surface area (Å²) < 4.78 is 0. The van der Waals surface area contributed by atoms with E-state index in [0.29, 0.717) is 0 Å². The van der Waals surface area contributed by atoms with Crippen LogP contribution in [-0.4, -0.2) is 35.6 Å². The molecule has 0 aliphatic carbocycles. The van der Waals surface area contributed by atoms with Crippen LogP contribution in [0, 0.1) is 17.8 Å². The van der Waals surface area contributed by atoms with Gasteiger partial charge in [-0.05, 0) is 49.4 Å². The lowest BCUT2D eigenvalue weighted by Crippen LogP contribution is -2.32. The normalized spacial score (nSPS) is 18.6. The van der Waals surface area contributed by atoms with Crippen LogP contribution in [0.15, 0.2) is 24.3 Å². The van der Waals surface area contributed by atoms with Crippen molar-refractivity contribution in [2.45, 2.75) is 32.6 Å². The number of carbonyl (C=O) groups excluding carboxylic acids is 1. The molecule has 0 saturated carbocycles. The molecule has 1 amide bonds. The second kappa shape index (κ2) is 7.85.